The lowest BCUT2D eigenvalue weighted by Crippen LogP contribution is -2.53. The van der Waals surface area contributed by atoms with E-state index in [0.717, 1.165) is 0 Å². The Labute approximate surface area is 187 Å². The molecule has 3 rings (SSSR count). The van der Waals surface area contributed by atoms with Gasteiger partial charge in [0.1, 0.15) is 11.3 Å². The van der Waals surface area contributed by atoms with Crippen molar-refractivity contribution in [1.82, 2.24) is 5.32 Å². The number of hydrogen-bond donors (Lipinski definition) is 2. The number of rotatable bonds is 7. The Morgan fingerprint density at radius 1 is 1.18 bits per heavy atom. The minimum Gasteiger partial charge on any atom is -0.534 e. The average molecular weight is 473 g/mol. The van der Waals surface area contributed by atoms with Crippen LogP contribution in [0.3, 0.4) is 0 Å². The summed E-state index contributed by atoms with van der Waals surface area (Å²) in [4.78, 5) is 36.2. The fourth-order valence-electron chi connectivity index (χ4n) is 3.51. The zero-order valence-corrected chi connectivity index (χ0v) is 17.6. The smallest absolute Gasteiger partial charge is 0.534 e. The highest BCUT2D eigenvalue weighted by molar-refractivity contribution is 6.47. The van der Waals surface area contributed by atoms with E-state index < -0.39 is 56.7 Å². The molecule has 0 bridgehead atoms. The van der Waals surface area contributed by atoms with Crippen molar-refractivity contribution in [3.63, 3.8) is 0 Å². The molecule has 13 heteroatoms. The van der Waals surface area contributed by atoms with E-state index in [0.29, 0.717) is 31.6 Å². The molecule has 180 valence electrons. The number of esters is 2. The maximum atomic E-state index is 12.4. The maximum Gasteiger partial charge on any atom is 0.547 e. The molecule has 2 heterocycles. The van der Waals surface area contributed by atoms with Gasteiger partial charge in [-0.25, -0.2) is 4.79 Å². The van der Waals surface area contributed by atoms with E-state index in [1.807, 2.05) is 0 Å². The lowest BCUT2D eigenvalue weighted by Gasteiger charge is -2.29. The largest absolute Gasteiger partial charge is 0.547 e. The monoisotopic (exact) mass is 473 g/mol. The first-order valence-electron chi connectivity index (χ1n) is 10.4. The molecule has 0 radical (unpaired) electrons. The molecule has 33 heavy (non-hydrogen) atoms. The predicted octanol–water partition coefficient (Wildman–Crippen LogP) is 1.55. The number of fused-ring (bicyclic) bond motifs is 1. The van der Waals surface area contributed by atoms with E-state index >= 15 is 0 Å². The molecule has 0 unspecified atom stereocenters. The number of nitrogens with one attached hydrogen (secondary N) is 1. The summed E-state index contributed by atoms with van der Waals surface area (Å²) in [6.45, 7) is 0.317. The van der Waals surface area contributed by atoms with Gasteiger partial charge in [-0.15, -0.1) is 0 Å². The van der Waals surface area contributed by atoms with Crippen molar-refractivity contribution in [3.05, 3.63) is 29.3 Å². The van der Waals surface area contributed by atoms with E-state index in [9.17, 15) is 32.6 Å². The first-order chi connectivity index (χ1) is 15.6. The topological polar surface area (TPSA) is 120 Å². The summed E-state index contributed by atoms with van der Waals surface area (Å²) in [6, 6.07) is 4.49. The molecule has 0 spiro atoms. The molecule has 1 fully saturated rings. The third-order valence-electron chi connectivity index (χ3n) is 5.27. The minimum absolute atomic E-state index is 0.0200. The van der Waals surface area contributed by atoms with Crippen LogP contribution in [0.1, 0.15) is 41.6 Å². The number of benzene rings is 1. The highest BCUT2D eigenvalue weighted by Gasteiger charge is 2.38. The van der Waals surface area contributed by atoms with Gasteiger partial charge in [-0.05, 0) is 30.9 Å². The number of hydrogen-bond acceptors (Lipinski definition) is 8. The first-order valence-corrected chi connectivity index (χ1v) is 10.4. The summed E-state index contributed by atoms with van der Waals surface area (Å²) in [6.07, 6.45) is -5.46. The van der Waals surface area contributed by atoms with E-state index in [-0.39, 0.29) is 23.7 Å². The van der Waals surface area contributed by atoms with Crippen molar-refractivity contribution >= 4 is 25.0 Å². The van der Waals surface area contributed by atoms with Crippen molar-refractivity contribution in [1.29, 1.82) is 0 Å². The van der Waals surface area contributed by atoms with Crippen molar-refractivity contribution < 1.29 is 51.4 Å². The van der Waals surface area contributed by atoms with Gasteiger partial charge >= 0.3 is 25.2 Å². The van der Waals surface area contributed by atoms with E-state index in [1.165, 1.54) is 12.1 Å². The molecule has 1 saturated heterocycles. The normalized spacial score (nSPS) is 18.7. The van der Waals surface area contributed by atoms with Crippen molar-refractivity contribution in [2.45, 2.75) is 44.2 Å². The molecule has 9 nitrogen and oxygen atoms in total. The molecular formula is C20H23BF3NO8. The fourth-order valence-corrected chi connectivity index (χ4v) is 3.51. The Kier molecular flexibility index (Phi) is 8.19. The second-order valence-electron chi connectivity index (χ2n) is 7.70. The van der Waals surface area contributed by atoms with Crippen molar-refractivity contribution in [2.24, 2.45) is 5.92 Å². The van der Waals surface area contributed by atoms with Crippen LogP contribution < -0.4 is 9.97 Å². The predicted molar refractivity (Wildman–Crippen MR) is 106 cm³/mol. The van der Waals surface area contributed by atoms with E-state index in [4.69, 9.17) is 18.9 Å². The van der Waals surface area contributed by atoms with Gasteiger partial charge in [0.2, 0.25) is 12.7 Å². The third kappa shape index (κ3) is 7.09. The lowest BCUT2D eigenvalue weighted by molar-refractivity contribution is -0.160. The standard InChI is InChI=1S/C20H23BF3NO8/c22-20(23,24)7-4-16(26)25-15-10-13-2-1-3-14(17(13)33-21(15)29)19(28)32-11-31-18(27)12-5-8-30-9-6-12/h1-3,12,15,29H,4-11H2,(H,25,26)/t15-/m0/s1. The molecule has 0 saturated carbocycles. The fraction of sp³-hybridized carbons (Fsp3) is 0.550. The Morgan fingerprint density at radius 2 is 1.91 bits per heavy atom. The van der Waals surface area contributed by atoms with Crippen LogP contribution in [0.25, 0.3) is 0 Å². The van der Waals surface area contributed by atoms with Gasteiger partial charge in [-0.3, -0.25) is 9.59 Å². The summed E-state index contributed by atoms with van der Waals surface area (Å²) in [5, 5.41) is 12.5. The van der Waals surface area contributed by atoms with E-state index in [2.05, 4.69) is 5.32 Å². The second kappa shape index (κ2) is 10.9. The summed E-state index contributed by atoms with van der Waals surface area (Å²) < 4.78 is 57.4. The molecule has 1 amide bonds. The molecule has 0 aliphatic carbocycles. The van der Waals surface area contributed by atoms with Crippen molar-refractivity contribution in [2.75, 3.05) is 20.0 Å². The highest BCUT2D eigenvalue weighted by atomic mass is 19.4. The Hall–Kier alpha value is -2.80. The Morgan fingerprint density at radius 3 is 2.61 bits per heavy atom. The Balaban J connectivity index is 1.55. The van der Waals surface area contributed by atoms with Crippen LogP contribution in [-0.2, 0) is 30.2 Å². The van der Waals surface area contributed by atoms with Gasteiger partial charge < -0.3 is 29.2 Å². The Bertz CT molecular complexity index is 875. The molecular weight excluding hydrogens is 450 g/mol. The quantitative estimate of drug-likeness (QED) is 0.348. The number of carbonyl (C=O) groups excluding carboxylic acids is 3. The second-order valence-corrected chi connectivity index (χ2v) is 7.70. The van der Waals surface area contributed by atoms with Gasteiger partial charge in [-0.1, -0.05) is 12.1 Å². The van der Waals surface area contributed by atoms with Crippen LogP contribution in [0.2, 0.25) is 0 Å². The van der Waals surface area contributed by atoms with Gasteiger partial charge in [0, 0.05) is 19.6 Å². The minimum atomic E-state index is -4.47. The maximum absolute atomic E-state index is 12.4. The summed E-state index contributed by atoms with van der Waals surface area (Å²) >= 11 is 0. The molecule has 2 N–H and O–H groups in total. The number of amides is 1. The lowest BCUT2D eigenvalue weighted by atomic mass is 9.72. The zero-order valence-electron chi connectivity index (χ0n) is 17.6. The van der Waals surface area contributed by atoms with Gasteiger partial charge in [0.05, 0.1) is 18.3 Å². The number of para-hydroxylation sites is 1. The third-order valence-corrected chi connectivity index (χ3v) is 5.27. The molecule has 1 aromatic rings. The molecule has 2 aliphatic rings. The van der Waals surface area contributed by atoms with Gasteiger partial charge in [-0.2, -0.15) is 13.2 Å². The van der Waals surface area contributed by atoms with E-state index in [1.54, 1.807) is 6.07 Å². The summed E-state index contributed by atoms with van der Waals surface area (Å²) in [5.74, 6) is -3.52. The highest BCUT2D eigenvalue weighted by Crippen LogP contribution is 2.31. The SMILES string of the molecule is O=C(CCC(F)(F)F)N[C@H]1Cc2cccc(C(=O)OCOC(=O)C3CCOCC3)c2OB1O. The van der Waals surface area contributed by atoms with Crippen LogP contribution in [0, 0.1) is 5.92 Å². The summed E-state index contributed by atoms with van der Waals surface area (Å²) in [7, 11) is -1.59. The van der Waals surface area contributed by atoms with Crippen LogP contribution in [-0.4, -0.2) is 62.1 Å². The van der Waals surface area contributed by atoms with Crippen molar-refractivity contribution in [3.8, 4) is 5.75 Å². The average Bonchev–Trinajstić information content (AvgIpc) is 2.78. The number of alkyl halides is 3. The molecule has 2 aliphatic heterocycles. The van der Waals surface area contributed by atoms with Crippen LogP contribution >= 0.6 is 0 Å². The van der Waals surface area contributed by atoms with Gasteiger partial charge in [0.25, 0.3) is 0 Å². The molecule has 0 aromatic heterocycles. The first kappa shape index (κ1) is 24.8. The molecule has 1 aromatic carbocycles. The summed E-state index contributed by atoms with van der Waals surface area (Å²) in [5.41, 5.74) is 0.408. The number of halogens is 3. The van der Waals surface area contributed by atoms with Crippen LogP contribution in [0.4, 0.5) is 13.2 Å². The van der Waals surface area contributed by atoms with Gasteiger partial charge in [0.15, 0.2) is 0 Å². The number of carbonyl (C=O) groups is 3. The van der Waals surface area contributed by atoms with Crippen LogP contribution in [0.5, 0.6) is 5.75 Å². The van der Waals surface area contributed by atoms with Crippen LogP contribution in [0.15, 0.2) is 18.2 Å². The zero-order chi connectivity index (χ0) is 24.0. The number of ether oxygens (including phenoxy) is 3. The molecule has 1 atom stereocenters.